The standard InChI is InChI=1S/C6H16OSi2.ClH/c1-6-8(2)7-9(3,4)5;/h6,8H,1H2,2-5H3;1H. The van der Waals surface area contributed by atoms with E-state index in [-0.39, 0.29) is 12.4 Å². The van der Waals surface area contributed by atoms with E-state index in [0.717, 1.165) is 0 Å². The minimum atomic E-state index is -1.25. The molecular weight excluding hydrogens is 180 g/mol. The van der Waals surface area contributed by atoms with Crippen LogP contribution >= 0.6 is 12.4 Å². The van der Waals surface area contributed by atoms with Crippen LogP contribution in [-0.2, 0) is 4.12 Å². The molecule has 0 fully saturated rings. The largest absolute Gasteiger partial charge is 0.455 e. The molecule has 0 saturated heterocycles. The zero-order valence-electron chi connectivity index (χ0n) is 7.18. The van der Waals surface area contributed by atoms with Gasteiger partial charge in [-0.2, -0.15) is 0 Å². The summed E-state index contributed by atoms with van der Waals surface area (Å²) in [7, 11) is -2.23. The molecule has 0 aromatic heterocycles. The molecule has 0 N–H and O–H groups in total. The zero-order chi connectivity index (χ0) is 7.49. The van der Waals surface area contributed by atoms with Gasteiger partial charge in [-0.1, -0.05) is 5.70 Å². The molecule has 0 rings (SSSR count). The fourth-order valence-electron chi connectivity index (χ4n) is 0.606. The second kappa shape index (κ2) is 5.12. The van der Waals surface area contributed by atoms with Crippen LogP contribution < -0.4 is 0 Å². The van der Waals surface area contributed by atoms with Crippen molar-refractivity contribution >= 4 is 29.8 Å². The predicted molar refractivity (Wildman–Crippen MR) is 54.9 cm³/mol. The highest BCUT2D eigenvalue weighted by molar-refractivity contribution is 6.78. The van der Waals surface area contributed by atoms with Gasteiger partial charge in [-0.25, -0.2) is 0 Å². The highest BCUT2D eigenvalue weighted by atomic mass is 35.5. The lowest BCUT2D eigenvalue weighted by Gasteiger charge is -2.20. The van der Waals surface area contributed by atoms with Crippen LogP contribution in [-0.4, -0.2) is 17.4 Å². The van der Waals surface area contributed by atoms with Gasteiger partial charge in [0.25, 0.3) is 0 Å². The molecule has 0 aromatic rings. The molecule has 0 amide bonds. The Morgan fingerprint density at radius 3 is 1.90 bits per heavy atom. The zero-order valence-corrected chi connectivity index (χ0v) is 10.1. The molecule has 0 aliphatic carbocycles. The minimum absolute atomic E-state index is 0. The van der Waals surface area contributed by atoms with Gasteiger partial charge in [0.2, 0.25) is 0 Å². The topological polar surface area (TPSA) is 9.23 Å². The van der Waals surface area contributed by atoms with Crippen LogP contribution in [0.4, 0.5) is 0 Å². The monoisotopic (exact) mass is 196 g/mol. The smallest absolute Gasteiger partial charge is 0.184 e. The molecular formula is C6H17ClOSi2. The summed E-state index contributed by atoms with van der Waals surface area (Å²) < 4.78 is 5.75. The van der Waals surface area contributed by atoms with Gasteiger partial charge in [-0.15, -0.1) is 19.0 Å². The van der Waals surface area contributed by atoms with Gasteiger partial charge in [-0.3, -0.25) is 0 Å². The summed E-state index contributed by atoms with van der Waals surface area (Å²) in [4.78, 5) is 0. The molecule has 62 valence electrons. The van der Waals surface area contributed by atoms with Crippen LogP contribution in [0.5, 0.6) is 0 Å². The number of hydrogen-bond donors (Lipinski definition) is 0. The minimum Gasteiger partial charge on any atom is -0.455 e. The first-order valence-electron chi connectivity index (χ1n) is 3.26. The predicted octanol–water partition coefficient (Wildman–Crippen LogP) is 2.34. The van der Waals surface area contributed by atoms with Crippen molar-refractivity contribution < 1.29 is 4.12 Å². The maximum atomic E-state index is 5.75. The molecule has 0 saturated carbocycles. The van der Waals surface area contributed by atoms with Crippen molar-refractivity contribution in [1.29, 1.82) is 0 Å². The Bertz CT molecular complexity index is 100. The van der Waals surface area contributed by atoms with E-state index in [1.54, 1.807) is 0 Å². The molecule has 1 nitrogen and oxygen atoms in total. The van der Waals surface area contributed by atoms with E-state index in [1.807, 2.05) is 5.70 Å². The number of hydrogen-bond acceptors (Lipinski definition) is 1. The summed E-state index contributed by atoms with van der Waals surface area (Å²) in [6.07, 6.45) is 0. The van der Waals surface area contributed by atoms with E-state index < -0.39 is 17.4 Å². The average Bonchev–Trinajstić information content (AvgIpc) is 1.62. The molecule has 0 aromatic carbocycles. The van der Waals surface area contributed by atoms with E-state index in [2.05, 4.69) is 32.8 Å². The Kier molecular flexibility index (Phi) is 6.68. The van der Waals surface area contributed by atoms with Gasteiger partial charge < -0.3 is 4.12 Å². The molecule has 0 heterocycles. The molecule has 0 spiro atoms. The van der Waals surface area contributed by atoms with Gasteiger partial charge in [-0.05, 0) is 26.2 Å². The first-order chi connectivity index (χ1) is 3.95. The summed E-state index contributed by atoms with van der Waals surface area (Å²) in [5.41, 5.74) is 1.97. The van der Waals surface area contributed by atoms with E-state index in [4.69, 9.17) is 4.12 Å². The van der Waals surface area contributed by atoms with Crippen molar-refractivity contribution in [3.63, 3.8) is 0 Å². The Hall–Kier alpha value is 0.424. The van der Waals surface area contributed by atoms with Crippen molar-refractivity contribution in [3.8, 4) is 0 Å². The van der Waals surface area contributed by atoms with Gasteiger partial charge in [0.05, 0.1) is 0 Å². The summed E-state index contributed by atoms with van der Waals surface area (Å²) in [5.74, 6) is 0. The van der Waals surface area contributed by atoms with Crippen molar-refractivity contribution in [3.05, 3.63) is 12.3 Å². The normalized spacial score (nSPS) is 13.6. The maximum absolute atomic E-state index is 5.75. The Morgan fingerprint density at radius 2 is 1.80 bits per heavy atom. The lowest BCUT2D eigenvalue weighted by molar-refractivity contribution is 0.588. The van der Waals surface area contributed by atoms with Crippen molar-refractivity contribution in [2.75, 3.05) is 0 Å². The summed E-state index contributed by atoms with van der Waals surface area (Å²) in [6.45, 7) is 12.5. The lowest BCUT2D eigenvalue weighted by Crippen LogP contribution is -2.31. The van der Waals surface area contributed by atoms with Gasteiger partial charge in [0.1, 0.15) is 0 Å². The molecule has 0 aliphatic heterocycles. The first-order valence-corrected chi connectivity index (χ1v) is 8.96. The Balaban J connectivity index is 0. The van der Waals surface area contributed by atoms with Crippen LogP contribution in [0.15, 0.2) is 12.3 Å². The summed E-state index contributed by atoms with van der Waals surface area (Å²) in [6, 6.07) is 0. The van der Waals surface area contributed by atoms with Crippen LogP contribution in [0.2, 0.25) is 26.2 Å². The Labute approximate surface area is 72.7 Å². The lowest BCUT2D eigenvalue weighted by atomic mass is 11.3. The molecule has 0 aliphatic rings. The van der Waals surface area contributed by atoms with Crippen LogP contribution in [0.1, 0.15) is 0 Å². The fourth-order valence-corrected chi connectivity index (χ4v) is 5.45. The molecule has 4 heteroatoms. The molecule has 0 bridgehead atoms. The van der Waals surface area contributed by atoms with E-state index >= 15 is 0 Å². The van der Waals surface area contributed by atoms with Crippen LogP contribution in [0.3, 0.4) is 0 Å². The summed E-state index contributed by atoms with van der Waals surface area (Å²) >= 11 is 0. The Morgan fingerprint density at radius 1 is 1.40 bits per heavy atom. The molecule has 1 atom stereocenters. The first kappa shape index (κ1) is 13.0. The highest BCUT2D eigenvalue weighted by Gasteiger charge is 2.16. The third kappa shape index (κ3) is 8.42. The van der Waals surface area contributed by atoms with Gasteiger partial charge in [0.15, 0.2) is 17.4 Å². The highest BCUT2D eigenvalue weighted by Crippen LogP contribution is 2.04. The average molecular weight is 197 g/mol. The number of halogens is 1. The second-order valence-corrected chi connectivity index (χ2v) is 10.2. The number of rotatable bonds is 3. The SMILES string of the molecule is C=C[SiH](C)O[Si](C)(C)C.Cl. The van der Waals surface area contributed by atoms with Crippen molar-refractivity contribution in [1.82, 2.24) is 0 Å². The molecule has 10 heavy (non-hydrogen) atoms. The fraction of sp³-hybridized carbons (Fsp3) is 0.667. The summed E-state index contributed by atoms with van der Waals surface area (Å²) in [5, 5.41) is 0. The second-order valence-electron chi connectivity index (χ2n) is 3.17. The molecule has 0 radical (unpaired) electrons. The van der Waals surface area contributed by atoms with Crippen molar-refractivity contribution in [2.24, 2.45) is 0 Å². The van der Waals surface area contributed by atoms with E-state index in [1.165, 1.54) is 0 Å². The van der Waals surface area contributed by atoms with Crippen LogP contribution in [0, 0.1) is 0 Å². The molecule has 1 unspecified atom stereocenters. The third-order valence-electron chi connectivity index (χ3n) is 0.871. The third-order valence-corrected chi connectivity index (χ3v) is 5.85. The van der Waals surface area contributed by atoms with Crippen molar-refractivity contribution in [2.45, 2.75) is 26.2 Å². The van der Waals surface area contributed by atoms with Gasteiger partial charge in [0, 0.05) is 0 Å². The maximum Gasteiger partial charge on any atom is 0.184 e. The van der Waals surface area contributed by atoms with Crippen LogP contribution in [0.25, 0.3) is 0 Å². The van der Waals surface area contributed by atoms with Gasteiger partial charge >= 0.3 is 0 Å². The van der Waals surface area contributed by atoms with E-state index in [9.17, 15) is 0 Å². The quantitative estimate of drug-likeness (QED) is 0.630. The van der Waals surface area contributed by atoms with E-state index in [0.29, 0.717) is 0 Å².